The number of thiazole rings is 1. The Bertz CT molecular complexity index is 629. The first-order chi connectivity index (χ1) is 10.4. The van der Waals surface area contributed by atoms with Crippen LogP contribution in [0.2, 0.25) is 0 Å². The molecule has 0 atom stereocenters. The molecule has 0 aliphatic carbocycles. The molecule has 8 heteroatoms. The average molecular weight is 330 g/mol. The molecular weight excluding hydrogens is 317 g/mol. The molecule has 1 aromatic carbocycles. The quantitative estimate of drug-likeness (QED) is 0.840. The van der Waals surface area contributed by atoms with E-state index in [-0.39, 0.29) is 24.5 Å². The molecule has 2 aromatic rings. The summed E-state index contributed by atoms with van der Waals surface area (Å²) < 4.78 is 41.0. The van der Waals surface area contributed by atoms with Gasteiger partial charge in [-0.25, -0.2) is 4.98 Å². The van der Waals surface area contributed by atoms with Crippen LogP contribution in [0.5, 0.6) is 5.75 Å². The maximum absolute atomic E-state index is 12.3. The molecule has 1 heterocycles. The Balaban J connectivity index is 2.01. The van der Waals surface area contributed by atoms with Crippen LogP contribution in [0.1, 0.15) is 12.0 Å². The Morgan fingerprint density at radius 2 is 2.09 bits per heavy atom. The summed E-state index contributed by atoms with van der Waals surface area (Å²) in [7, 11) is 1.58. The van der Waals surface area contributed by atoms with Crippen LogP contribution in [0.4, 0.5) is 18.3 Å². The molecule has 0 spiro atoms. The van der Waals surface area contributed by atoms with E-state index >= 15 is 0 Å². The monoisotopic (exact) mass is 330 g/mol. The number of carbonyl (C=O) groups is 1. The fourth-order valence-electron chi connectivity index (χ4n) is 1.83. The summed E-state index contributed by atoms with van der Waals surface area (Å²) in [5.41, 5.74) is 0.334. The summed E-state index contributed by atoms with van der Waals surface area (Å²) in [5.74, 6) is -0.503. The van der Waals surface area contributed by atoms with Gasteiger partial charge in [-0.15, -0.1) is 24.5 Å². The van der Waals surface area contributed by atoms with E-state index in [9.17, 15) is 18.0 Å². The van der Waals surface area contributed by atoms with Crippen molar-refractivity contribution >= 4 is 22.4 Å². The fraction of sp³-hybridized carbons (Fsp3) is 0.286. The topological polar surface area (TPSA) is 42.4 Å². The minimum atomic E-state index is -4.75. The van der Waals surface area contributed by atoms with Crippen molar-refractivity contribution in [1.82, 2.24) is 4.98 Å². The Kier molecular flexibility index (Phi) is 5.02. The number of anilines is 1. The van der Waals surface area contributed by atoms with Crippen LogP contribution in [0.25, 0.3) is 0 Å². The molecule has 2 rings (SSSR count). The van der Waals surface area contributed by atoms with Gasteiger partial charge in [-0.1, -0.05) is 18.2 Å². The highest BCUT2D eigenvalue weighted by molar-refractivity contribution is 7.13. The van der Waals surface area contributed by atoms with Crippen LogP contribution in [0.3, 0.4) is 0 Å². The van der Waals surface area contributed by atoms with E-state index in [1.54, 1.807) is 24.7 Å². The number of amides is 1. The van der Waals surface area contributed by atoms with Gasteiger partial charge in [0.05, 0.1) is 0 Å². The van der Waals surface area contributed by atoms with Gasteiger partial charge < -0.3 is 4.74 Å². The third-order valence-corrected chi connectivity index (χ3v) is 3.73. The van der Waals surface area contributed by atoms with Gasteiger partial charge in [-0.3, -0.25) is 9.69 Å². The Morgan fingerprint density at radius 1 is 1.36 bits per heavy atom. The predicted molar refractivity (Wildman–Crippen MR) is 77.0 cm³/mol. The van der Waals surface area contributed by atoms with Crippen LogP contribution in [0.15, 0.2) is 35.8 Å². The number of benzene rings is 1. The first-order valence-corrected chi connectivity index (χ1v) is 7.24. The molecule has 22 heavy (non-hydrogen) atoms. The number of carbonyl (C=O) groups excluding carboxylic acids is 1. The van der Waals surface area contributed by atoms with Gasteiger partial charge in [0, 0.05) is 25.0 Å². The van der Waals surface area contributed by atoms with Crippen molar-refractivity contribution in [3.05, 3.63) is 41.4 Å². The Labute approximate surface area is 129 Å². The lowest BCUT2D eigenvalue weighted by molar-refractivity contribution is -0.274. The van der Waals surface area contributed by atoms with Crippen LogP contribution >= 0.6 is 11.3 Å². The molecule has 4 nitrogen and oxygen atoms in total. The van der Waals surface area contributed by atoms with E-state index in [0.29, 0.717) is 10.7 Å². The summed E-state index contributed by atoms with van der Waals surface area (Å²) in [6.07, 6.45) is -2.96. The van der Waals surface area contributed by atoms with Crippen molar-refractivity contribution in [1.29, 1.82) is 0 Å². The van der Waals surface area contributed by atoms with Crippen LogP contribution in [0, 0.1) is 0 Å². The van der Waals surface area contributed by atoms with Gasteiger partial charge in [0.1, 0.15) is 5.75 Å². The van der Waals surface area contributed by atoms with Crippen molar-refractivity contribution in [2.24, 2.45) is 0 Å². The number of para-hydroxylation sites is 1. The van der Waals surface area contributed by atoms with Gasteiger partial charge in [0.15, 0.2) is 5.13 Å². The van der Waals surface area contributed by atoms with E-state index in [1.807, 2.05) is 0 Å². The van der Waals surface area contributed by atoms with Crippen molar-refractivity contribution in [3.8, 4) is 5.75 Å². The number of aromatic nitrogens is 1. The minimum absolute atomic E-state index is 0.0638. The second kappa shape index (κ2) is 6.78. The number of aryl methyl sites for hydroxylation is 1. The Hall–Kier alpha value is -2.09. The summed E-state index contributed by atoms with van der Waals surface area (Å²) in [5, 5.41) is 2.29. The van der Waals surface area contributed by atoms with Crippen LogP contribution in [-0.2, 0) is 11.2 Å². The standard InChI is InChI=1S/C14H13F3N2O2S/c1-19(13-18-8-9-22-13)12(20)7-6-10-4-2-3-5-11(10)21-14(15,16)17/h2-5,8-9H,6-7H2,1H3. The lowest BCUT2D eigenvalue weighted by Gasteiger charge is -2.15. The van der Waals surface area contributed by atoms with Crippen LogP contribution in [-0.4, -0.2) is 24.3 Å². The second-order valence-corrected chi connectivity index (χ2v) is 5.30. The zero-order valence-corrected chi connectivity index (χ0v) is 12.4. The molecule has 0 N–H and O–H groups in total. The molecule has 0 aliphatic rings. The van der Waals surface area contributed by atoms with Crippen molar-refractivity contribution in [2.75, 3.05) is 11.9 Å². The molecule has 0 saturated heterocycles. The van der Waals surface area contributed by atoms with Crippen LogP contribution < -0.4 is 9.64 Å². The lowest BCUT2D eigenvalue weighted by Crippen LogP contribution is -2.26. The molecule has 0 saturated carbocycles. The van der Waals surface area contributed by atoms with E-state index in [0.717, 1.165) is 0 Å². The number of rotatable bonds is 5. The summed E-state index contributed by atoms with van der Waals surface area (Å²) in [4.78, 5) is 17.4. The largest absolute Gasteiger partial charge is 0.573 e. The Morgan fingerprint density at radius 3 is 2.73 bits per heavy atom. The SMILES string of the molecule is CN(C(=O)CCc1ccccc1OC(F)(F)F)c1nccs1. The van der Waals surface area contributed by atoms with Crippen molar-refractivity contribution in [2.45, 2.75) is 19.2 Å². The molecule has 1 aromatic heterocycles. The number of halogens is 3. The van der Waals surface area contributed by atoms with Crippen molar-refractivity contribution < 1.29 is 22.7 Å². The normalized spacial score (nSPS) is 11.3. The highest BCUT2D eigenvalue weighted by atomic mass is 32.1. The van der Waals surface area contributed by atoms with Gasteiger partial charge in [-0.2, -0.15) is 0 Å². The maximum atomic E-state index is 12.3. The molecule has 0 aliphatic heterocycles. The average Bonchev–Trinajstić information content (AvgIpc) is 2.97. The highest BCUT2D eigenvalue weighted by Crippen LogP contribution is 2.27. The molecule has 0 unspecified atom stereocenters. The first kappa shape index (κ1) is 16.3. The third-order valence-electron chi connectivity index (χ3n) is 2.89. The number of alkyl halides is 3. The summed E-state index contributed by atoms with van der Waals surface area (Å²) >= 11 is 1.31. The smallest absolute Gasteiger partial charge is 0.406 e. The second-order valence-electron chi connectivity index (χ2n) is 4.42. The minimum Gasteiger partial charge on any atom is -0.406 e. The molecule has 0 fully saturated rings. The van der Waals surface area contributed by atoms with E-state index < -0.39 is 6.36 Å². The number of nitrogens with zero attached hydrogens (tertiary/aromatic N) is 2. The molecular formula is C14H13F3N2O2S. The van der Waals surface area contributed by atoms with Gasteiger partial charge >= 0.3 is 6.36 Å². The van der Waals surface area contributed by atoms with Gasteiger partial charge in [0.2, 0.25) is 5.91 Å². The summed E-state index contributed by atoms with van der Waals surface area (Å²) in [6.45, 7) is 0. The van der Waals surface area contributed by atoms with E-state index in [4.69, 9.17) is 0 Å². The molecule has 1 amide bonds. The van der Waals surface area contributed by atoms with E-state index in [2.05, 4.69) is 9.72 Å². The van der Waals surface area contributed by atoms with Crippen molar-refractivity contribution in [3.63, 3.8) is 0 Å². The predicted octanol–water partition coefficient (Wildman–Crippen LogP) is 3.64. The zero-order chi connectivity index (χ0) is 16.2. The van der Waals surface area contributed by atoms with E-state index in [1.165, 1.54) is 34.4 Å². The molecule has 0 bridgehead atoms. The van der Waals surface area contributed by atoms with Gasteiger partial charge in [0.25, 0.3) is 0 Å². The number of hydrogen-bond donors (Lipinski definition) is 0. The summed E-state index contributed by atoms with van der Waals surface area (Å²) in [6, 6.07) is 5.80. The van der Waals surface area contributed by atoms with Gasteiger partial charge in [-0.05, 0) is 18.1 Å². The molecule has 118 valence electrons. The first-order valence-electron chi connectivity index (χ1n) is 6.36. The maximum Gasteiger partial charge on any atom is 0.573 e. The highest BCUT2D eigenvalue weighted by Gasteiger charge is 2.32. The lowest BCUT2D eigenvalue weighted by atomic mass is 10.1. The molecule has 0 radical (unpaired) electrons. The number of ether oxygens (including phenoxy) is 1. The fourth-order valence-corrected chi connectivity index (χ4v) is 2.46. The third kappa shape index (κ3) is 4.45. The zero-order valence-electron chi connectivity index (χ0n) is 11.6. The number of hydrogen-bond acceptors (Lipinski definition) is 4.